The summed E-state index contributed by atoms with van der Waals surface area (Å²) in [5, 5.41) is 2.62. The minimum atomic E-state index is -0.543. The first-order chi connectivity index (χ1) is 8.28. The number of Topliss-reactive ketones (excluding diaryl/α,β-unsaturated/α-hetero) is 1. The summed E-state index contributed by atoms with van der Waals surface area (Å²) in [6.07, 6.45) is 2.52. The Morgan fingerprint density at radius 2 is 2.11 bits per heavy atom. The number of hydrogen-bond acceptors (Lipinski definition) is 4. The van der Waals surface area contributed by atoms with Crippen molar-refractivity contribution in [1.82, 2.24) is 5.32 Å². The zero-order valence-electron chi connectivity index (χ0n) is 11.1. The molecule has 1 aromatic heterocycles. The molecule has 0 aromatic carbocycles. The van der Waals surface area contributed by atoms with Gasteiger partial charge in [0.05, 0.1) is 11.8 Å². The molecule has 0 saturated heterocycles. The number of ketones is 1. The standard InChI is InChI=1S/C13H19NO4/c1-9(14-12(16)18-13(2,3)4)7-11(15)10-5-6-17-8-10/h5-6,8-9H,7H2,1-4H3,(H,14,16). The summed E-state index contributed by atoms with van der Waals surface area (Å²) < 4.78 is 9.93. The lowest BCUT2D eigenvalue weighted by Gasteiger charge is -2.21. The van der Waals surface area contributed by atoms with Crippen LogP contribution in [0.15, 0.2) is 23.0 Å². The van der Waals surface area contributed by atoms with E-state index in [0.29, 0.717) is 5.56 Å². The van der Waals surface area contributed by atoms with Gasteiger partial charge in [0.15, 0.2) is 5.78 Å². The number of alkyl carbamates (subject to hydrolysis) is 1. The first-order valence-corrected chi connectivity index (χ1v) is 5.83. The van der Waals surface area contributed by atoms with Crippen LogP contribution in [0, 0.1) is 0 Å². The number of hydrogen-bond donors (Lipinski definition) is 1. The minimum Gasteiger partial charge on any atom is -0.472 e. The molecule has 1 N–H and O–H groups in total. The molecule has 5 nitrogen and oxygen atoms in total. The lowest BCUT2D eigenvalue weighted by molar-refractivity contribution is 0.0506. The molecule has 0 spiro atoms. The van der Waals surface area contributed by atoms with Gasteiger partial charge in [-0.25, -0.2) is 4.79 Å². The predicted molar refractivity (Wildman–Crippen MR) is 66.5 cm³/mol. The van der Waals surface area contributed by atoms with Crippen LogP contribution >= 0.6 is 0 Å². The van der Waals surface area contributed by atoms with Crippen LogP contribution in [0.3, 0.4) is 0 Å². The molecule has 0 radical (unpaired) electrons. The molecule has 1 unspecified atom stereocenters. The van der Waals surface area contributed by atoms with Gasteiger partial charge < -0.3 is 14.5 Å². The van der Waals surface area contributed by atoms with E-state index in [0.717, 1.165) is 0 Å². The van der Waals surface area contributed by atoms with Gasteiger partial charge >= 0.3 is 6.09 Å². The zero-order chi connectivity index (χ0) is 13.8. The van der Waals surface area contributed by atoms with Crippen LogP contribution in [-0.2, 0) is 4.74 Å². The topological polar surface area (TPSA) is 68.5 Å². The lowest BCUT2D eigenvalue weighted by atomic mass is 10.1. The third-order valence-electron chi connectivity index (χ3n) is 2.10. The normalized spacial score (nSPS) is 12.9. The molecule has 1 heterocycles. The summed E-state index contributed by atoms with van der Waals surface area (Å²) in [5.41, 5.74) is -0.0360. The highest BCUT2D eigenvalue weighted by molar-refractivity contribution is 5.96. The van der Waals surface area contributed by atoms with Crippen molar-refractivity contribution in [3.63, 3.8) is 0 Å². The molecular weight excluding hydrogens is 234 g/mol. The van der Waals surface area contributed by atoms with Gasteiger partial charge in [-0.15, -0.1) is 0 Å². The van der Waals surface area contributed by atoms with E-state index in [1.165, 1.54) is 12.5 Å². The number of ether oxygens (including phenoxy) is 1. The van der Waals surface area contributed by atoms with E-state index in [4.69, 9.17) is 9.15 Å². The number of carbonyl (C=O) groups is 2. The van der Waals surface area contributed by atoms with E-state index in [1.807, 2.05) is 0 Å². The molecule has 0 bridgehead atoms. The summed E-state index contributed by atoms with van der Waals surface area (Å²) >= 11 is 0. The number of carbonyl (C=O) groups excluding carboxylic acids is 2. The van der Waals surface area contributed by atoms with Crippen molar-refractivity contribution in [2.75, 3.05) is 0 Å². The third-order valence-corrected chi connectivity index (χ3v) is 2.10. The Hall–Kier alpha value is -1.78. The highest BCUT2D eigenvalue weighted by Gasteiger charge is 2.19. The molecule has 1 aromatic rings. The number of nitrogens with one attached hydrogen (secondary N) is 1. The summed E-state index contributed by atoms with van der Waals surface area (Å²) in [5.74, 6) is -0.0766. The zero-order valence-corrected chi connectivity index (χ0v) is 11.1. The first kappa shape index (κ1) is 14.3. The Balaban J connectivity index is 2.40. The van der Waals surface area contributed by atoms with Gasteiger partial charge in [0, 0.05) is 12.5 Å². The number of furan rings is 1. The number of amides is 1. The van der Waals surface area contributed by atoms with Gasteiger partial charge in [0.2, 0.25) is 0 Å². The second kappa shape index (κ2) is 5.71. The van der Waals surface area contributed by atoms with Crippen LogP contribution in [0.1, 0.15) is 44.5 Å². The Morgan fingerprint density at radius 3 is 2.61 bits per heavy atom. The molecule has 0 aliphatic rings. The Labute approximate surface area is 106 Å². The molecular formula is C13H19NO4. The van der Waals surface area contributed by atoms with Gasteiger partial charge in [-0.1, -0.05) is 0 Å². The molecule has 18 heavy (non-hydrogen) atoms. The van der Waals surface area contributed by atoms with E-state index < -0.39 is 11.7 Å². The average molecular weight is 253 g/mol. The Morgan fingerprint density at radius 1 is 1.44 bits per heavy atom. The average Bonchev–Trinajstić information content (AvgIpc) is 2.65. The van der Waals surface area contributed by atoms with Crippen LogP contribution in [-0.4, -0.2) is 23.5 Å². The Bertz CT molecular complexity index is 403. The molecule has 0 fully saturated rings. The van der Waals surface area contributed by atoms with E-state index in [1.54, 1.807) is 33.8 Å². The Kier molecular flexibility index (Phi) is 4.53. The monoisotopic (exact) mass is 253 g/mol. The largest absolute Gasteiger partial charge is 0.472 e. The molecule has 0 aliphatic carbocycles. The number of rotatable bonds is 4. The predicted octanol–water partition coefficient (Wildman–Crippen LogP) is 2.77. The van der Waals surface area contributed by atoms with Crippen LogP contribution in [0.25, 0.3) is 0 Å². The maximum absolute atomic E-state index is 11.7. The quantitative estimate of drug-likeness (QED) is 0.838. The lowest BCUT2D eigenvalue weighted by Crippen LogP contribution is -2.38. The second-order valence-electron chi connectivity index (χ2n) is 5.19. The molecule has 5 heteroatoms. The molecule has 1 amide bonds. The smallest absolute Gasteiger partial charge is 0.407 e. The summed E-state index contributed by atoms with van der Waals surface area (Å²) in [7, 11) is 0. The van der Waals surface area contributed by atoms with Crippen molar-refractivity contribution < 1.29 is 18.7 Å². The van der Waals surface area contributed by atoms with E-state index in [9.17, 15) is 9.59 Å². The van der Waals surface area contributed by atoms with Gasteiger partial charge in [-0.05, 0) is 33.8 Å². The third kappa shape index (κ3) is 5.03. The fourth-order valence-electron chi connectivity index (χ4n) is 1.38. The second-order valence-corrected chi connectivity index (χ2v) is 5.19. The molecule has 0 saturated carbocycles. The van der Waals surface area contributed by atoms with Gasteiger partial charge in [-0.3, -0.25) is 4.79 Å². The summed E-state index contributed by atoms with van der Waals surface area (Å²) in [6.45, 7) is 7.11. The molecule has 1 atom stereocenters. The van der Waals surface area contributed by atoms with Crippen molar-refractivity contribution >= 4 is 11.9 Å². The van der Waals surface area contributed by atoms with Gasteiger partial charge in [-0.2, -0.15) is 0 Å². The van der Waals surface area contributed by atoms with Crippen LogP contribution < -0.4 is 5.32 Å². The molecule has 100 valence electrons. The van der Waals surface area contributed by atoms with Crippen LogP contribution in [0.2, 0.25) is 0 Å². The first-order valence-electron chi connectivity index (χ1n) is 5.83. The van der Waals surface area contributed by atoms with E-state index in [2.05, 4.69) is 5.32 Å². The summed E-state index contributed by atoms with van der Waals surface area (Å²) in [4.78, 5) is 23.2. The van der Waals surface area contributed by atoms with Gasteiger partial charge in [0.1, 0.15) is 11.9 Å². The summed E-state index contributed by atoms with van der Waals surface area (Å²) in [6, 6.07) is 1.31. The van der Waals surface area contributed by atoms with E-state index >= 15 is 0 Å². The SMILES string of the molecule is CC(CC(=O)c1ccoc1)NC(=O)OC(C)(C)C. The van der Waals surface area contributed by atoms with Crippen molar-refractivity contribution in [3.05, 3.63) is 24.2 Å². The highest BCUT2D eigenvalue weighted by atomic mass is 16.6. The van der Waals surface area contributed by atoms with Gasteiger partial charge in [0.25, 0.3) is 0 Å². The van der Waals surface area contributed by atoms with Crippen molar-refractivity contribution in [2.24, 2.45) is 0 Å². The fraction of sp³-hybridized carbons (Fsp3) is 0.538. The van der Waals surface area contributed by atoms with Crippen molar-refractivity contribution in [2.45, 2.75) is 45.8 Å². The maximum atomic E-state index is 11.7. The fourth-order valence-corrected chi connectivity index (χ4v) is 1.38. The highest BCUT2D eigenvalue weighted by Crippen LogP contribution is 2.09. The van der Waals surface area contributed by atoms with Crippen LogP contribution in [0.4, 0.5) is 4.79 Å². The minimum absolute atomic E-state index is 0.0766. The van der Waals surface area contributed by atoms with E-state index in [-0.39, 0.29) is 18.2 Å². The maximum Gasteiger partial charge on any atom is 0.407 e. The van der Waals surface area contributed by atoms with Crippen molar-refractivity contribution in [1.29, 1.82) is 0 Å². The van der Waals surface area contributed by atoms with Crippen molar-refractivity contribution in [3.8, 4) is 0 Å². The molecule has 1 rings (SSSR count). The van der Waals surface area contributed by atoms with Crippen LogP contribution in [0.5, 0.6) is 0 Å². The molecule has 0 aliphatic heterocycles.